The van der Waals surface area contributed by atoms with Gasteiger partial charge in [0.2, 0.25) is 0 Å². The highest BCUT2D eigenvalue weighted by Crippen LogP contribution is 2.05. The fourth-order valence-corrected chi connectivity index (χ4v) is 2.45. The first-order valence-electron chi connectivity index (χ1n) is 7.61. The zero-order valence-electron chi connectivity index (χ0n) is 12.8. The highest BCUT2D eigenvalue weighted by atomic mass is 15.1. The monoisotopic (exact) mass is 283 g/mol. The molecular weight excluding hydrogens is 258 g/mol. The maximum absolute atomic E-state index is 6.24. The highest BCUT2D eigenvalue weighted by Gasteiger charge is 2.07. The first-order valence-corrected chi connectivity index (χ1v) is 7.61. The number of hydrogen-bond donors (Lipinski definition) is 1. The van der Waals surface area contributed by atoms with Gasteiger partial charge in [0.15, 0.2) is 0 Å². The van der Waals surface area contributed by atoms with Gasteiger partial charge in [0.05, 0.1) is 0 Å². The topological polar surface area (TPSA) is 42.2 Å². The Labute approximate surface area is 127 Å². The van der Waals surface area contributed by atoms with Crippen LogP contribution in [-0.4, -0.2) is 36.1 Å². The molecule has 2 aromatic rings. The summed E-state index contributed by atoms with van der Waals surface area (Å²) in [6.45, 7) is 1.97. The zero-order valence-corrected chi connectivity index (χ0v) is 12.8. The van der Waals surface area contributed by atoms with Gasteiger partial charge in [-0.3, -0.25) is 4.98 Å². The Kier molecular flexibility index (Phi) is 6.38. The van der Waals surface area contributed by atoms with Gasteiger partial charge in [-0.25, -0.2) is 0 Å². The largest absolute Gasteiger partial charge is 0.327 e. The van der Waals surface area contributed by atoms with Gasteiger partial charge < -0.3 is 10.6 Å². The molecule has 1 unspecified atom stereocenters. The van der Waals surface area contributed by atoms with Crippen molar-refractivity contribution in [2.75, 3.05) is 20.1 Å². The van der Waals surface area contributed by atoms with E-state index < -0.39 is 0 Å². The fourth-order valence-electron chi connectivity index (χ4n) is 2.45. The fraction of sp³-hybridized carbons (Fsp3) is 0.389. The third-order valence-corrected chi connectivity index (χ3v) is 3.72. The summed E-state index contributed by atoms with van der Waals surface area (Å²) in [4.78, 5) is 6.36. The van der Waals surface area contributed by atoms with Crippen LogP contribution in [0, 0.1) is 0 Å². The highest BCUT2D eigenvalue weighted by molar-refractivity contribution is 5.14. The molecule has 1 heterocycles. The number of hydrogen-bond acceptors (Lipinski definition) is 3. The summed E-state index contributed by atoms with van der Waals surface area (Å²) in [5.41, 5.74) is 8.94. The first kappa shape index (κ1) is 15.7. The average molecular weight is 283 g/mol. The minimum atomic E-state index is 0.229. The van der Waals surface area contributed by atoms with Crippen LogP contribution in [-0.2, 0) is 12.8 Å². The predicted octanol–water partition coefficient (Wildman–Crippen LogP) is 2.52. The summed E-state index contributed by atoms with van der Waals surface area (Å²) in [6, 6.07) is 14.9. The molecule has 0 fully saturated rings. The normalized spacial score (nSPS) is 12.5. The van der Waals surface area contributed by atoms with Crippen molar-refractivity contribution < 1.29 is 0 Å². The van der Waals surface area contributed by atoms with Gasteiger partial charge >= 0.3 is 0 Å². The standard InChI is InChI=1S/C18H25N3/c1-21(14-11-17-9-12-20-13-10-17)15-18(19)8-7-16-5-3-2-4-6-16/h2-6,9-10,12-13,18H,7-8,11,14-15,19H2,1H3. The van der Waals surface area contributed by atoms with Gasteiger partial charge in [-0.2, -0.15) is 0 Å². The van der Waals surface area contributed by atoms with E-state index in [1.807, 2.05) is 12.4 Å². The maximum atomic E-state index is 6.24. The van der Waals surface area contributed by atoms with E-state index in [9.17, 15) is 0 Å². The number of benzene rings is 1. The minimum Gasteiger partial charge on any atom is -0.327 e. The number of aryl methyl sites for hydroxylation is 1. The summed E-state index contributed by atoms with van der Waals surface area (Å²) >= 11 is 0. The molecule has 0 aliphatic heterocycles. The van der Waals surface area contributed by atoms with Crippen molar-refractivity contribution in [3.8, 4) is 0 Å². The van der Waals surface area contributed by atoms with E-state index in [4.69, 9.17) is 5.73 Å². The molecule has 1 aromatic heterocycles. The third-order valence-electron chi connectivity index (χ3n) is 3.72. The number of pyridine rings is 1. The number of nitrogens with zero attached hydrogens (tertiary/aromatic N) is 2. The van der Waals surface area contributed by atoms with Crippen LogP contribution in [0.5, 0.6) is 0 Å². The second-order valence-corrected chi connectivity index (χ2v) is 5.65. The molecule has 0 aliphatic carbocycles. The van der Waals surface area contributed by atoms with Crippen LogP contribution in [0.2, 0.25) is 0 Å². The van der Waals surface area contributed by atoms with E-state index >= 15 is 0 Å². The van der Waals surface area contributed by atoms with Gasteiger partial charge in [-0.1, -0.05) is 30.3 Å². The second-order valence-electron chi connectivity index (χ2n) is 5.65. The van der Waals surface area contributed by atoms with Gasteiger partial charge in [0, 0.05) is 31.5 Å². The van der Waals surface area contributed by atoms with E-state index in [1.54, 1.807) is 0 Å². The minimum absolute atomic E-state index is 0.229. The molecule has 112 valence electrons. The molecule has 0 aliphatic rings. The molecule has 1 atom stereocenters. The summed E-state index contributed by atoms with van der Waals surface area (Å²) in [7, 11) is 2.14. The number of nitrogens with two attached hydrogens (primary N) is 1. The second kappa shape index (κ2) is 8.55. The van der Waals surface area contributed by atoms with E-state index in [2.05, 4.69) is 59.4 Å². The number of rotatable bonds is 8. The Hall–Kier alpha value is -1.71. The molecule has 2 rings (SSSR count). The summed E-state index contributed by atoms with van der Waals surface area (Å²) < 4.78 is 0. The third kappa shape index (κ3) is 6.06. The van der Waals surface area contributed by atoms with E-state index in [0.717, 1.165) is 32.4 Å². The summed E-state index contributed by atoms with van der Waals surface area (Å²) in [5, 5.41) is 0. The van der Waals surface area contributed by atoms with Crippen LogP contribution in [0.4, 0.5) is 0 Å². The molecule has 1 aromatic carbocycles. The lowest BCUT2D eigenvalue weighted by Crippen LogP contribution is -2.36. The summed E-state index contributed by atoms with van der Waals surface area (Å²) in [5.74, 6) is 0. The van der Waals surface area contributed by atoms with Crippen molar-refractivity contribution in [2.24, 2.45) is 5.73 Å². The molecule has 2 N–H and O–H groups in total. The van der Waals surface area contributed by atoms with Crippen LogP contribution >= 0.6 is 0 Å². The van der Waals surface area contributed by atoms with Crippen molar-refractivity contribution in [1.82, 2.24) is 9.88 Å². The van der Waals surface area contributed by atoms with Crippen LogP contribution in [0.1, 0.15) is 17.5 Å². The molecule has 0 saturated heterocycles. The lowest BCUT2D eigenvalue weighted by Gasteiger charge is -2.21. The molecule has 3 nitrogen and oxygen atoms in total. The molecule has 0 amide bonds. The molecule has 21 heavy (non-hydrogen) atoms. The summed E-state index contributed by atoms with van der Waals surface area (Å²) in [6.07, 6.45) is 6.83. The molecule has 0 saturated carbocycles. The van der Waals surface area contributed by atoms with Gasteiger partial charge in [-0.15, -0.1) is 0 Å². The van der Waals surface area contributed by atoms with Crippen LogP contribution in [0.15, 0.2) is 54.9 Å². The Morgan fingerprint density at radius 2 is 1.67 bits per heavy atom. The Balaban J connectivity index is 1.66. The molecule has 3 heteroatoms. The quantitative estimate of drug-likeness (QED) is 0.809. The lowest BCUT2D eigenvalue weighted by atomic mass is 10.1. The SMILES string of the molecule is CN(CCc1ccncc1)CC(N)CCc1ccccc1. The molecular formula is C18H25N3. The Morgan fingerprint density at radius 3 is 2.38 bits per heavy atom. The van der Waals surface area contributed by atoms with Crippen molar-refractivity contribution in [3.05, 3.63) is 66.0 Å². The van der Waals surface area contributed by atoms with E-state index in [1.165, 1.54) is 11.1 Å². The van der Waals surface area contributed by atoms with Crippen molar-refractivity contribution >= 4 is 0 Å². The lowest BCUT2D eigenvalue weighted by molar-refractivity contribution is 0.308. The Bertz CT molecular complexity index is 451. The smallest absolute Gasteiger partial charge is 0.0270 e. The van der Waals surface area contributed by atoms with Crippen molar-refractivity contribution in [3.63, 3.8) is 0 Å². The zero-order chi connectivity index (χ0) is 14.9. The van der Waals surface area contributed by atoms with Crippen LogP contribution < -0.4 is 5.73 Å². The van der Waals surface area contributed by atoms with Crippen molar-refractivity contribution in [1.29, 1.82) is 0 Å². The number of likely N-dealkylation sites (N-methyl/N-ethyl adjacent to an activating group) is 1. The van der Waals surface area contributed by atoms with Gasteiger partial charge in [0.1, 0.15) is 0 Å². The molecule has 0 radical (unpaired) electrons. The first-order chi connectivity index (χ1) is 10.2. The predicted molar refractivity (Wildman–Crippen MR) is 88.2 cm³/mol. The van der Waals surface area contributed by atoms with Crippen molar-refractivity contribution in [2.45, 2.75) is 25.3 Å². The van der Waals surface area contributed by atoms with E-state index in [-0.39, 0.29) is 6.04 Å². The Morgan fingerprint density at radius 1 is 1.00 bits per heavy atom. The van der Waals surface area contributed by atoms with E-state index in [0.29, 0.717) is 0 Å². The van der Waals surface area contributed by atoms with Gasteiger partial charge in [-0.05, 0) is 49.6 Å². The molecule has 0 bridgehead atoms. The maximum Gasteiger partial charge on any atom is 0.0270 e. The van der Waals surface area contributed by atoms with Crippen LogP contribution in [0.25, 0.3) is 0 Å². The van der Waals surface area contributed by atoms with Crippen LogP contribution in [0.3, 0.4) is 0 Å². The number of aromatic nitrogens is 1. The average Bonchev–Trinajstić information content (AvgIpc) is 2.53. The molecule has 0 spiro atoms. The van der Waals surface area contributed by atoms with Gasteiger partial charge in [0.25, 0.3) is 0 Å².